The van der Waals surface area contributed by atoms with Gasteiger partial charge in [0.2, 0.25) is 5.82 Å². The van der Waals surface area contributed by atoms with Crippen molar-refractivity contribution >= 4 is 44.6 Å². The summed E-state index contributed by atoms with van der Waals surface area (Å²) in [7, 11) is 0. The first-order chi connectivity index (χ1) is 30.2. The average molecular weight is 852 g/mol. The molecule has 8 aromatic rings. The zero-order valence-corrected chi connectivity index (χ0v) is 36.3. The predicted molar refractivity (Wildman–Crippen MR) is 244 cm³/mol. The average Bonchev–Trinajstić information content (AvgIpc) is 3.80. The second-order valence-electron chi connectivity index (χ2n) is 18.4. The number of hydrogen-bond donors (Lipinski definition) is 0. The van der Waals surface area contributed by atoms with E-state index in [-0.39, 0.29) is 17.6 Å². The van der Waals surface area contributed by atoms with Gasteiger partial charge in [-0.2, -0.15) is 0 Å². The maximum absolute atomic E-state index is 15.7. The standard InChI is InChI=1S/C53H47F5N4O/c1-30(2)31-24-33(27-35(25-31)63-34-20-21-37-36-14-9-10-17-40(36)62(43(37)28-34)44-26-32(22-23-59-44)52(3,4)5)60-29-61(42-19-12-11-18-41(42)60)51-38(15-13-16-39(51)53(6,7)8)45-46(54)48(56)50(58)49(57)47(45)55/h9-28,30H,29H2,1-8H3/i30D. The Morgan fingerprint density at radius 2 is 1.27 bits per heavy atom. The van der Waals surface area contributed by atoms with E-state index in [1.54, 1.807) is 26.0 Å². The summed E-state index contributed by atoms with van der Waals surface area (Å²) in [5.41, 5.74) is 4.79. The van der Waals surface area contributed by atoms with Crippen LogP contribution in [0.15, 0.2) is 121 Å². The van der Waals surface area contributed by atoms with Crippen molar-refractivity contribution in [2.45, 2.75) is 72.1 Å². The SMILES string of the molecule is [2H]C(C)(C)c1cc(Oc2ccc3c4ccccc4n(-c4cc(C(C)(C)C)ccn4)c3c2)cc(N2CN(c3c(-c4c(F)c(F)c(F)c(F)c4F)cccc3C(C)(C)C)c3ccccc32)c1. The molecule has 0 bridgehead atoms. The van der Waals surface area contributed by atoms with Gasteiger partial charge in [-0.3, -0.25) is 4.57 Å². The van der Waals surface area contributed by atoms with Gasteiger partial charge in [-0.25, -0.2) is 26.9 Å². The van der Waals surface area contributed by atoms with Gasteiger partial charge in [0, 0.05) is 41.7 Å². The molecule has 5 nitrogen and oxygen atoms in total. The number of halogens is 5. The topological polar surface area (TPSA) is 33.5 Å². The van der Waals surface area contributed by atoms with Crippen LogP contribution in [0.3, 0.4) is 0 Å². The second-order valence-corrected chi connectivity index (χ2v) is 18.4. The number of para-hydroxylation sites is 4. The van der Waals surface area contributed by atoms with Crippen molar-refractivity contribution < 1.29 is 28.1 Å². The van der Waals surface area contributed by atoms with E-state index in [0.29, 0.717) is 39.7 Å². The Kier molecular flexibility index (Phi) is 9.80. The van der Waals surface area contributed by atoms with Crippen molar-refractivity contribution in [2.75, 3.05) is 16.5 Å². The maximum Gasteiger partial charge on any atom is 0.200 e. The number of nitrogens with zero attached hydrogens (tertiary/aromatic N) is 4. The highest BCUT2D eigenvalue weighted by molar-refractivity contribution is 6.09. The van der Waals surface area contributed by atoms with Gasteiger partial charge in [0.15, 0.2) is 23.3 Å². The first-order valence-electron chi connectivity index (χ1n) is 21.4. The van der Waals surface area contributed by atoms with Crippen LogP contribution in [-0.4, -0.2) is 16.2 Å². The zero-order valence-electron chi connectivity index (χ0n) is 37.3. The van der Waals surface area contributed by atoms with Crippen molar-refractivity contribution in [1.29, 1.82) is 0 Å². The van der Waals surface area contributed by atoms with Gasteiger partial charge < -0.3 is 14.5 Å². The Bertz CT molecular complexity index is 3130. The molecule has 0 N–H and O–H groups in total. The summed E-state index contributed by atoms with van der Waals surface area (Å²) < 4.78 is 93.6. The third-order valence-corrected chi connectivity index (χ3v) is 11.8. The Balaban J connectivity index is 1.18. The molecular weight excluding hydrogens is 804 g/mol. The summed E-state index contributed by atoms with van der Waals surface area (Å²) in [6.45, 7) is 16.0. The minimum Gasteiger partial charge on any atom is -0.457 e. The van der Waals surface area contributed by atoms with Crippen LogP contribution in [0.5, 0.6) is 11.5 Å². The number of anilines is 4. The van der Waals surface area contributed by atoms with Gasteiger partial charge in [0.25, 0.3) is 0 Å². The molecule has 0 unspecified atom stereocenters. The van der Waals surface area contributed by atoms with Crippen molar-refractivity contribution in [3.05, 3.63) is 167 Å². The van der Waals surface area contributed by atoms with E-state index in [0.717, 1.165) is 38.9 Å². The fourth-order valence-corrected chi connectivity index (χ4v) is 8.60. The number of aromatic nitrogens is 2. The molecule has 63 heavy (non-hydrogen) atoms. The second kappa shape index (κ2) is 15.3. The molecule has 1 aliphatic rings. The molecule has 9 rings (SSSR count). The smallest absolute Gasteiger partial charge is 0.200 e. The van der Waals surface area contributed by atoms with Crippen molar-refractivity contribution in [3.63, 3.8) is 0 Å². The molecule has 0 fully saturated rings. The van der Waals surface area contributed by atoms with E-state index in [2.05, 4.69) is 43.5 Å². The van der Waals surface area contributed by atoms with Gasteiger partial charge in [-0.15, -0.1) is 0 Å². The quantitative estimate of drug-likeness (QED) is 0.0909. The van der Waals surface area contributed by atoms with Gasteiger partial charge in [0.05, 0.1) is 33.7 Å². The van der Waals surface area contributed by atoms with Crippen LogP contribution in [0, 0.1) is 29.1 Å². The highest BCUT2D eigenvalue weighted by Crippen LogP contribution is 2.51. The number of ether oxygens (including phenoxy) is 1. The minimum atomic E-state index is -2.22. The van der Waals surface area contributed by atoms with E-state index in [1.807, 2.05) is 116 Å². The molecule has 0 amide bonds. The normalized spacial score (nSPS) is 13.6. The van der Waals surface area contributed by atoms with Crippen LogP contribution in [-0.2, 0) is 10.8 Å². The van der Waals surface area contributed by atoms with Crippen LogP contribution < -0.4 is 14.5 Å². The first kappa shape index (κ1) is 40.4. The number of pyridine rings is 1. The molecule has 0 spiro atoms. The molecule has 6 aromatic carbocycles. The van der Waals surface area contributed by atoms with Crippen molar-refractivity contribution in [1.82, 2.24) is 9.55 Å². The van der Waals surface area contributed by atoms with E-state index in [9.17, 15) is 13.2 Å². The van der Waals surface area contributed by atoms with E-state index in [1.165, 1.54) is 6.07 Å². The molecule has 3 heterocycles. The molecule has 1 aliphatic heterocycles. The van der Waals surface area contributed by atoms with Crippen molar-refractivity contribution in [3.8, 4) is 28.4 Å². The van der Waals surface area contributed by atoms with Crippen LogP contribution in [0.1, 0.15) is 79.3 Å². The predicted octanol–water partition coefficient (Wildman–Crippen LogP) is 15.3. The third kappa shape index (κ3) is 7.15. The summed E-state index contributed by atoms with van der Waals surface area (Å²) in [5, 5.41) is 2.10. The zero-order chi connectivity index (χ0) is 45.6. The highest BCUT2D eigenvalue weighted by Gasteiger charge is 2.36. The Morgan fingerprint density at radius 1 is 0.619 bits per heavy atom. The highest BCUT2D eigenvalue weighted by atomic mass is 19.2. The van der Waals surface area contributed by atoms with E-state index >= 15 is 8.78 Å². The van der Waals surface area contributed by atoms with Gasteiger partial charge in [-0.1, -0.05) is 104 Å². The van der Waals surface area contributed by atoms with Crippen LogP contribution in [0.25, 0.3) is 38.8 Å². The van der Waals surface area contributed by atoms with Crippen molar-refractivity contribution in [2.24, 2.45) is 0 Å². The molecular formula is C53H47F5N4O. The Morgan fingerprint density at radius 3 is 1.95 bits per heavy atom. The monoisotopic (exact) mass is 851 g/mol. The van der Waals surface area contributed by atoms with Crippen LogP contribution in [0.4, 0.5) is 44.7 Å². The van der Waals surface area contributed by atoms with Gasteiger partial charge in [-0.05, 0) is 88.0 Å². The molecule has 0 radical (unpaired) electrons. The van der Waals surface area contributed by atoms with E-state index < -0.39 is 46.0 Å². The number of hydrogen-bond acceptors (Lipinski definition) is 4. The van der Waals surface area contributed by atoms with Crippen LogP contribution >= 0.6 is 0 Å². The van der Waals surface area contributed by atoms with Gasteiger partial charge >= 0.3 is 0 Å². The maximum atomic E-state index is 15.7. The molecule has 0 saturated carbocycles. The lowest BCUT2D eigenvalue weighted by Crippen LogP contribution is -2.27. The summed E-state index contributed by atoms with van der Waals surface area (Å²) in [4.78, 5) is 8.66. The summed E-state index contributed by atoms with van der Waals surface area (Å²) in [6, 6.07) is 36.2. The fraction of sp³-hybridized carbons (Fsp3) is 0.226. The molecule has 2 aromatic heterocycles. The lowest BCUT2D eigenvalue weighted by Gasteiger charge is -2.32. The number of benzene rings is 6. The third-order valence-electron chi connectivity index (χ3n) is 11.8. The van der Waals surface area contributed by atoms with Crippen LogP contribution in [0.2, 0.25) is 0 Å². The Labute approximate surface area is 365 Å². The molecule has 0 saturated heterocycles. The summed E-state index contributed by atoms with van der Waals surface area (Å²) in [6.07, 6.45) is 1.84. The lowest BCUT2D eigenvalue weighted by atomic mass is 9.83. The summed E-state index contributed by atoms with van der Waals surface area (Å²) >= 11 is 0. The van der Waals surface area contributed by atoms with Gasteiger partial charge in [0.1, 0.15) is 24.0 Å². The molecule has 10 heteroatoms. The molecule has 0 atom stereocenters. The lowest BCUT2D eigenvalue weighted by molar-refractivity contribution is 0.381. The first-order valence-corrected chi connectivity index (χ1v) is 20.9. The molecule has 0 aliphatic carbocycles. The summed E-state index contributed by atoms with van der Waals surface area (Å²) in [5.74, 6) is -9.32. The largest absolute Gasteiger partial charge is 0.457 e. The van der Waals surface area contributed by atoms with E-state index in [4.69, 9.17) is 11.1 Å². The minimum absolute atomic E-state index is 0.0862. The number of rotatable bonds is 7. The molecule has 320 valence electrons. The Hall–Kier alpha value is -6.68. The fourth-order valence-electron chi connectivity index (χ4n) is 8.60. The number of fused-ring (bicyclic) bond motifs is 4.